The Bertz CT molecular complexity index is 1970. The number of hydrogen-bond donors (Lipinski definition) is 2. The molecule has 18 heteroatoms. The first-order chi connectivity index (χ1) is 21.2. The number of nitrogens with one attached hydrogen (secondary N) is 1. The molecule has 1 N–H and O–H groups in total. The quantitative estimate of drug-likeness (QED) is 0.180. The van der Waals surface area contributed by atoms with E-state index in [1.807, 2.05) is 0 Å². The number of hydrogen-bond acceptors (Lipinski definition) is 10. The number of thiophene rings is 1. The lowest BCUT2D eigenvalue weighted by atomic mass is 9.78. The lowest BCUT2D eigenvalue weighted by Gasteiger charge is -2.28. The van der Waals surface area contributed by atoms with Crippen LogP contribution in [-0.2, 0) is 26.1 Å². The number of ether oxygens (including phenoxy) is 2. The summed E-state index contributed by atoms with van der Waals surface area (Å²) in [5.74, 6) is -1.92. The SMILES string of the molecule is CC(C)Oc1cc(OC(F)(F)F)cc(C(C)(C)c2cc(Cl)cc(NC(=O)c3cc4nc(N(CS(C)(=O)=O)[SH](=O)=O)cnc4s3)c2)c1. The number of anilines is 2. The molecule has 248 valence electrons. The third kappa shape index (κ3) is 8.98. The van der Waals surface area contributed by atoms with Gasteiger partial charge in [0.05, 0.1) is 17.2 Å². The number of nitrogens with zero attached hydrogens (tertiary/aromatic N) is 3. The third-order valence-electron chi connectivity index (χ3n) is 6.35. The summed E-state index contributed by atoms with van der Waals surface area (Å²) in [6.45, 7) is 7.00. The minimum atomic E-state index is -4.92. The molecule has 2 aromatic heterocycles. The molecule has 11 nitrogen and oxygen atoms in total. The van der Waals surface area contributed by atoms with Crippen molar-refractivity contribution in [2.24, 2.45) is 0 Å². The molecule has 2 aromatic carbocycles. The number of sulfone groups is 1. The van der Waals surface area contributed by atoms with Gasteiger partial charge in [0.1, 0.15) is 27.7 Å². The van der Waals surface area contributed by atoms with E-state index in [4.69, 9.17) is 16.3 Å². The lowest BCUT2D eigenvalue weighted by Crippen LogP contribution is -2.28. The second kappa shape index (κ2) is 13.2. The van der Waals surface area contributed by atoms with Crippen LogP contribution in [-0.4, -0.2) is 57.3 Å². The van der Waals surface area contributed by atoms with Gasteiger partial charge in [-0.05, 0) is 61.4 Å². The highest BCUT2D eigenvalue weighted by Crippen LogP contribution is 2.39. The monoisotopic (exact) mass is 720 g/mol. The second-order valence-electron chi connectivity index (χ2n) is 10.9. The Hall–Kier alpha value is -3.67. The van der Waals surface area contributed by atoms with Crippen LogP contribution in [0.15, 0.2) is 48.7 Å². The maximum atomic E-state index is 13.2. The number of halogens is 4. The summed E-state index contributed by atoms with van der Waals surface area (Å²) in [5, 5.41) is 2.98. The Balaban J connectivity index is 1.65. The molecule has 0 aliphatic rings. The molecule has 0 saturated carbocycles. The molecular weight excluding hydrogens is 693 g/mol. The minimum absolute atomic E-state index is 0.154. The predicted octanol–water partition coefficient (Wildman–Crippen LogP) is 5.94. The molecule has 4 aromatic rings. The first-order valence-corrected chi connectivity index (χ1v) is 17.7. The fourth-order valence-corrected chi connectivity index (χ4v) is 7.23. The molecule has 0 spiro atoms. The van der Waals surface area contributed by atoms with E-state index < -0.39 is 50.0 Å². The number of amides is 1. The number of alkyl halides is 3. The van der Waals surface area contributed by atoms with Gasteiger partial charge in [0.15, 0.2) is 15.7 Å². The Morgan fingerprint density at radius 2 is 1.72 bits per heavy atom. The molecule has 0 bridgehead atoms. The topological polar surface area (TPSA) is 145 Å². The van der Waals surface area contributed by atoms with Crippen LogP contribution >= 0.6 is 22.9 Å². The van der Waals surface area contributed by atoms with Crippen LogP contribution in [0.1, 0.15) is 48.5 Å². The van der Waals surface area contributed by atoms with Crippen molar-refractivity contribution in [1.82, 2.24) is 9.97 Å². The Kier molecular flexibility index (Phi) is 10.1. The number of benzene rings is 2. The average molecular weight is 721 g/mol. The van der Waals surface area contributed by atoms with E-state index in [0.717, 1.165) is 29.9 Å². The van der Waals surface area contributed by atoms with Crippen molar-refractivity contribution in [3.8, 4) is 11.5 Å². The number of rotatable bonds is 11. The summed E-state index contributed by atoms with van der Waals surface area (Å²) in [6, 6.07) is 10.1. The van der Waals surface area contributed by atoms with Crippen LogP contribution in [0.2, 0.25) is 5.02 Å². The molecule has 0 saturated heterocycles. The molecule has 0 unspecified atom stereocenters. The van der Waals surface area contributed by atoms with E-state index in [-0.39, 0.29) is 38.8 Å². The smallest absolute Gasteiger partial charge is 0.491 e. The van der Waals surface area contributed by atoms with Crippen LogP contribution in [0.25, 0.3) is 10.3 Å². The summed E-state index contributed by atoms with van der Waals surface area (Å²) in [6.07, 6.45) is -3.28. The van der Waals surface area contributed by atoms with Gasteiger partial charge >= 0.3 is 6.36 Å². The van der Waals surface area contributed by atoms with E-state index in [1.165, 1.54) is 18.2 Å². The average Bonchev–Trinajstić information content (AvgIpc) is 3.33. The summed E-state index contributed by atoms with van der Waals surface area (Å²) in [7, 11) is -7.07. The zero-order valence-corrected chi connectivity index (χ0v) is 28.2. The minimum Gasteiger partial charge on any atom is -0.491 e. The summed E-state index contributed by atoms with van der Waals surface area (Å²) < 4.78 is 96.4. The highest BCUT2D eigenvalue weighted by atomic mass is 35.5. The van der Waals surface area contributed by atoms with Crippen molar-refractivity contribution in [3.63, 3.8) is 0 Å². The second-order valence-corrected chi connectivity index (χ2v) is 15.5. The number of carbonyl (C=O) groups is 1. The van der Waals surface area contributed by atoms with Crippen molar-refractivity contribution < 1.29 is 44.3 Å². The zero-order chi connectivity index (χ0) is 34.2. The van der Waals surface area contributed by atoms with E-state index in [9.17, 15) is 34.8 Å². The highest BCUT2D eigenvalue weighted by Gasteiger charge is 2.33. The predicted molar refractivity (Wildman–Crippen MR) is 170 cm³/mol. The van der Waals surface area contributed by atoms with Gasteiger partial charge < -0.3 is 14.8 Å². The van der Waals surface area contributed by atoms with Gasteiger partial charge in [-0.15, -0.1) is 24.5 Å². The van der Waals surface area contributed by atoms with Gasteiger partial charge in [-0.25, -0.2) is 31.1 Å². The van der Waals surface area contributed by atoms with Crippen LogP contribution in [0, 0.1) is 0 Å². The number of carbonyl (C=O) groups excluding carboxylic acids is 1. The molecule has 2 heterocycles. The largest absolute Gasteiger partial charge is 0.573 e. The van der Waals surface area contributed by atoms with Crippen molar-refractivity contribution in [1.29, 1.82) is 0 Å². The third-order valence-corrected chi connectivity index (χ3v) is 9.26. The van der Waals surface area contributed by atoms with Crippen molar-refractivity contribution in [2.75, 3.05) is 21.8 Å². The lowest BCUT2D eigenvalue weighted by molar-refractivity contribution is -0.274. The maximum Gasteiger partial charge on any atom is 0.573 e. The number of thiol groups is 1. The van der Waals surface area contributed by atoms with E-state index in [0.29, 0.717) is 20.3 Å². The van der Waals surface area contributed by atoms with Gasteiger partial charge in [0.2, 0.25) is 10.9 Å². The Morgan fingerprint density at radius 3 is 2.33 bits per heavy atom. The van der Waals surface area contributed by atoms with Gasteiger partial charge in [0, 0.05) is 28.4 Å². The van der Waals surface area contributed by atoms with Crippen LogP contribution < -0.4 is 19.1 Å². The first-order valence-electron chi connectivity index (χ1n) is 13.3. The van der Waals surface area contributed by atoms with Crippen LogP contribution in [0.4, 0.5) is 24.7 Å². The molecule has 0 atom stereocenters. The molecule has 0 fully saturated rings. The molecule has 0 radical (unpaired) electrons. The number of aromatic nitrogens is 2. The molecule has 0 aliphatic heterocycles. The molecule has 46 heavy (non-hydrogen) atoms. The van der Waals surface area contributed by atoms with Gasteiger partial charge in [-0.1, -0.05) is 25.4 Å². The summed E-state index contributed by atoms with van der Waals surface area (Å²) in [5.41, 5.74) is 0.468. The van der Waals surface area contributed by atoms with Crippen molar-refractivity contribution in [2.45, 2.75) is 45.6 Å². The standard InChI is InChI=1S/C28H28ClF3N4O7S3/c1-15(2)42-20-8-17(9-21(11-20)43-28(30,31)32)27(3,4)16-6-18(29)10-19(7-16)34-25(37)23-12-22-26(44-23)33-13-24(35-22)36(45(38)39)14-46(5,40)41/h6-13,15,45H,14H2,1-5H3,(H,34,37). The highest BCUT2D eigenvalue weighted by molar-refractivity contribution is 7.91. The van der Waals surface area contributed by atoms with E-state index in [1.54, 1.807) is 45.9 Å². The van der Waals surface area contributed by atoms with Gasteiger partial charge in [-0.3, -0.25) is 4.79 Å². The Morgan fingerprint density at radius 1 is 1.07 bits per heavy atom. The normalized spacial score (nSPS) is 12.5. The molecule has 4 rings (SSSR count). The number of fused-ring (bicyclic) bond motifs is 1. The fraction of sp³-hybridized carbons (Fsp3) is 0.321. The van der Waals surface area contributed by atoms with Gasteiger partial charge in [-0.2, -0.15) is 0 Å². The van der Waals surface area contributed by atoms with Crippen molar-refractivity contribution in [3.05, 3.63) is 69.7 Å². The zero-order valence-electron chi connectivity index (χ0n) is 24.9. The first kappa shape index (κ1) is 35.2. The summed E-state index contributed by atoms with van der Waals surface area (Å²) in [4.78, 5) is 22.0. The molecule has 0 aliphatic carbocycles. The molecule has 1 amide bonds. The van der Waals surface area contributed by atoms with Crippen molar-refractivity contribution >= 4 is 71.4 Å². The maximum absolute atomic E-state index is 13.2. The van der Waals surface area contributed by atoms with E-state index >= 15 is 0 Å². The Labute approximate surface area is 273 Å². The van der Waals surface area contributed by atoms with Crippen LogP contribution in [0.5, 0.6) is 11.5 Å². The fourth-order valence-electron chi connectivity index (χ4n) is 4.32. The van der Waals surface area contributed by atoms with Gasteiger partial charge in [0.25, 0.3) is 5.91 Å². The van der Waals surface area contributed by atoms with E-state index in [2.05, 4.69) is 20.0 Å². The van der Waals surface area contributed by atoms with Crippen LogP contribution in [0.3, 0.4) is 0 Å². The molecular formula is C28H28ClF3N4O7S3. The summed E-state index contributed by atoms with van der Waals surface area (Å²) >= 11 is 7.37.